The van der Waals surface area contributed by atoms with Gasteiger partial charge in [-0.15, -0.1) is 0 Å². The number of hydrogen-bond acceptors (Lipinski definition) is 2. The molecule has 1 aliphatic carbocycles. The molecule has 160 valence electrons. The Morgan fingerprint density at radius 2 is 1.70 bits per heavy atom. The molecule has 1 heterocycles. The minimum atomic E-state index is -4.21. The first-order chi connectivity index (χ1) is 14.1. The molecule has 1 atom stereocenters. The van der Waals surface area contributed by atoms with Crippen molar-refractivity contribution in [2.75, 3.05) is 6.54 Å². The molecule has 1 saturated heterocycles. The SMILES string of the molecule is Cc1ccc(-c2ccc(Cl)c(F)c2)cc1C1CNC2(CCC(C(F)(F)F)CC2)C1=O. The lowest BCUT2D eigenvalue weighted by atomic mass is 9.72. The smallest absolute Gasteiger partial charge is 0.304 e. The van der Waals surface area contributed by atoms with Gasteiger partial charge < -0.3 is 5.32 Å². The van der Waals surface area contributed by atoms with Crippen LogP contribution in [0.2, 0.25) is 5.02 Å². The Morgan fingerprint density at radius 3 is 2.33 bits per heavy atom. The Morgan fingerprint density at radius 1 is 1.07 bits per heavy atom. The Kier molecular flexibility index (Phi) is 5.43. The fraction of sp³-hybridized carbons (Fsp3) is 0.435. The van der Waals surface area contributed by atoms with Gasteiger partial charge in [0.25, 0.3) is 0 Å². The Hall–Kier alpha value is -1.92. The van der Waals surface area contributed by atoms with Gasteiger partial charge in [-0.25, -0.2) is 4.39 Å². The second kappa shape index (κ2) is 7.65. The molecular formula is C23H22ClF4NO. The minimum absolute atomic E-state index is 0.0297. The maximum absolute atomic E-state index is 13.9. The summed E-state index contributed by atoms with van der Waals surface area (Å²) in [6.07, 6.45) is -3.86. The van der Waals surface area contributed by atoms with Gasteiger partial charge in [-0.1, -0.05) is 35.9 Å². The fourth-order valence-electron chi connectivity index (χ4n) is 4.79. The van der Waals surface area contributed by atoms with E-state index in [0.717, 1.165) is 16.7 Å². The highest BCUT2D eigenvalue weighted by atomic mass is 35.5. The van der Waals surface area contributed by atoms with E-state index >= 15 is 0 Å². The molecule has 2 aliphatic rings. The first-order valence-electron chi connectivity index (χ1n) is 10.0. The summed E-state index contributed by atoms with van der Waals surface area (Å²) >= 11 is 5.77. The van der Waals surface area contributed by atoms with Gasteiger partial charge in [0.1, 0.15) is 5.82 Å². The topological polar surface area (TPSA) is 29.1 Å². The van der Waals surface area contributed by atoms with Crippen LogP contribution in [0.4, 0.5) is 17.6 Å². The van der Waals surface area contributed by atoms with Gasteiger partial charge in [-0.2, -0.15) is 13.2 Å². The molecule has 4 rings (SSSR count). The van der Waals surface area contributed by atoms with E-state index in [1.807, 2.05) is 25.1 Å². The summed E-state index contributed by atoms with van der Waals surface area (Å²) in [6, 6.07) is 10.2. The summed E-state index contributed by atoms with van der Waals surface area (Å²) in [6.45, 7) is 2.30. The van der Waals surface area contributed by atoms with Crippen molar-refractivity contribution in [1.29, 1.82) is 0 Å². The number of benzene rings is 2. The number of hydrogen-bond donors (Lipinski definition) is 1. The third kappa shape index (κ3) is 3.76. The highest BCUT2D eigenvalue weighted by Gasteiger charge is 2.53. The largest absolute Gasteiger partial charge is 0.391 e. The Balaban J connectivity index is 1.59. The van der Waals surface area contributed by atoms with Crippen molar-refractivity contribution in [3.63, 3.8) is 0 Å². The average Bonchev–Trinajstić information content (AvgIpc) is 3.00. The molecule has 30 heavy (non-hydrogen) atoms. The lowest BCUT2D eigenvalue weighted by molar-refractivity contribution is -0.185. The van der Waals surface area contributed by atoms with Gasteiger partial charge in [-0.3, -0.25) is 4.79 Å². The summed E-state index contributed by atoms with van der Waals surface area (Å²) in [5.41, 5.74) is 2.29. The molecule has 0 radical (unpaired) electrons. The van der Waals surface area contributed by atoms with Crippen molar-refractivity contribution < 1.29 is 22.4 Å². The first-order valence-corrected chi connectivity index (χ1v) is 10.4. The van der Waals surface area contributed by atoms with Gasteiger partial charge in [0.05, 0.1) is 22.4 Å². The van der Waals surface area contributed by atoms with E-state index in [4.69, 9.17) is 11.6 Å². The number of ketones is 1. The molecule has 2 nitrogen and oxygen atoms in total. The number of carbonyl (C=O) groups excluding carboxylic acids is 1. The summed E-state index contributed by atoms with van der Waals surface area (Å²) in [7, 11) is 0. The van der Waals surface area contributed by atoms with Crippen LogP contribution in [0.15, 0.2) is 36.4 Å². The maximum atomic E-state index is 13.9. The molecule has 2 fully saturated rings. The van der Waals surface area contributed by atoms with Crippen molar-refractivity contribution in [2.45, 2.75) is 50.2 Å². The van der Waals surface area contributed by atoms with Crippen LogP contribution in [0.25, 0.3) is 11.1 Å². The Labute approximate surface area is 177 Å². The van der Waals surface area contributed by atoms with Crippen LogP contribution in [-0.4, -0.2) is 24.0 Å². The van der Waals surface area contributed by atoms with Gasteiger partial charge in [-0.05, 0) is 67.0 Å². The van der Waals surface area contributed by atoms with E-state index in [1.165, 1.54) is 12.1 Å². The predicted octanol–water partition coefficient (Wildman–Crippen LogP) is 6.20. The molecular weight excluding hydrogens is 418 g/mol. The van der Waals surface area contributed by atoms with Crippen molar-refractivity contribution in [1.82, 2.24) is 5.32 Å². The molecule has 7 heteroatoms. The number of aryl methyl sites for hydroxylation is 1. The number of Topliss-reactive ketones (excluding diaryl/α,β-unsaturated/α-hetero) is 1. The average molecular weight is 440 g/mol. The van der Waals surface area contributed by atoms with E-state index in [0.29, 0.717) is 12.1 Å². The van der Waals surface area contributed by atoms with Crippen molar-refractivity contribution in [2.24, 2.45) is 5.92 Å². The molecule has 1 spiro atoms. The summed E-state index contributed by atoms with van der Waals surface area (Å²) < 4.78 is 53.0. The zero-order chi connectivity index (χ0) is 21.7. The van der Waals surface area contributed by atoms with Crippen molar-refractivity contribution >= 4 is 17.4 Å². The van der Waals surface area contributed by atoms with E-state index in [-0.39, 0.29) is 36.5 Å². The standard InChI is InChI=1S/C23H22ClF4NO/c1-13-2-3-14(15-4-5-19(24)20(25)11-15)10-17(13)18-12-29-22(21(18)30)8-6-16(7-9-22)23(26,27)28/h2-5,10-11,16,18,29H,6-9,12H2,1H3. The van der Waals surface area contributed by atoms with E-state index in [1.54, 1.807) is 6.07 Å². The minimum Gasteiger partial charge on any atom is -0.304 e. The van der Waals surface area contributed by atoms with E-state index < -0.39 is 29.4 Å². The predicted molar refractivity (Wildman–Crippen MR) is 108 cm³/mol. The number of alkyl halides is 3. The van der Waals surface area contributed by atoms with Crippen molar-refractivity contribution in [3.8, 4) is 11.1 Å². The van der Waals surface area contributed by atoms with E-state index in [2.05, 4.69) is 5.32 Å². The molecule has 2 aromatic carbocycles. The molecule has 1 aliphatic heterocycles. The molecule has 1 unspecified atom stereocenters. The lowest BCUT2D eigenvalue weighted by Crippen LogP contribution is -2.49. The second-order valence-electron chi connectivity index (χ2n) is 8.40. The quantitative estimate of drug-likeness (QED) is 0.564. The third-order valence-corrected chi connectivity index (χ3v) is 6.95. The van der Waals surface area contributed by atoms with Crippen LogP contribution in [-0.2, 0) is 4.79 Å². The van der Waals surface area contributed by atoms with Crippen LogP contribution < -0.4 is 5.32 Å². The third-order valence-electron chi connectivity index (χ3n) is 6.64. The molecule has 1 saturated carbocycles. The first kappa shape index (κ1) is 21.3. The normalized spacial score (nSPS) is 27.1. The van der Waals surface area contributed by atoms with E-state index in [9.17, 15) is 22.4 Å². The highest BCUT2D eigenvalue weighted by molar-refractivity contribution is 6.30. The number of halogens is 5. The van der Waals surface area contributed by atoms with Crippen molar-refractivity contribution in [3.05, 3.63) is 58.4 Å². The van der Waals surface area contributed by atoms with Crippen LogP contribution >= 0.6 is 11.6 Å². The number of nitrogens with one attached hydrogen (secondary N) is 1. The summed E-state index contributed by atoms with van der Waals surface area (Å²) in [5.74, 6) is -2.31. The molecule has 2 aromatic rings. The summed E-state index contributed by atoms with van der Waals surface area (Å²) in [5, 5.41) is 3.29. The van der Waals surface area contributed by atoms with Crippen LogP contribution in [0.1, 0.15) is 42.7 Å². The van der Waals surface area contributed by atoms with Gasteiger partial charge in [0.15, 0.2) is 5.78 Å². The lowest BCUT2D eigenvalue weighted by Gasteiger charge is -2.37. The zero-order valence-electron chi connectivity index (χ0n) is 16.5. The fourth-order valence-corrected chi connectivity index (χ4v) is 4.91. The van der Waals surface area contributed by atoms with Gasteiger partial charge in [0, 0.05) is 6.54 Å². The van der Waals surface area contributed by atoms with Crippen LogP contribution in [0, 0.1) is 18.7 Å². The number of carbonyl (C=O) groups is 1. The molecule has 0 bridgehead atoms. The Bertz CT molecular complexity index is 980. The molecule has 0 aromatic heterocycles. The monoisotopic (exact) mass is 439 g/mol. The van der Waals surface area contributed by atoms with Gasteiger partial charge in [0.2, 0.25) is 0 Å². The maximum Gasteiger partial charge on any atom is 0.391 e. The summed E-state index contributed by atoms with van der Waals surface area (Å²) in [4.78, 5) is 13.3. The van der Waals surface area contributed by atoms with Gasteiger partial charge >= 0.3 is 6.18 Å². The number of rotatable bonds is 2. The van der Waals surface area contributed by atoms with Crippen LogP contribution in [0.3, 0.4) is 0 Å². The second-order valence-corrected chi connectivity index (χ2v) is 8.80. The van der Waals surface area contributed by atoms with Crippen LogP contribution in [0.5, 0.6) is 0 Å². The molecule has 1 N–H and O–H groups in total. The zero-order valence-corrected chi connectivity index (χ0v) is 17.2. The molecule has 0 amide bonds. The highest BCUT2D eigenvalue weighted by Crippen LogP contribution is 2.45.